The third-order valence-corrected chi connectivity index (χ3v) is 1.24. The van der Waals surface area contributed by atoms with Crippen LogP contribution in [-0.4, -0.2) is 10.2 Å². The molecule has 0 aliphatic heterocycles. The number of benzene rings is 1. The maximum atomic E-state index is 8.91. The zero-order valence-electron chi connectivity index (χ0n) is 5.20. The average molecular weight is 140 g/mol. The van der Waals surface area contributed by atoms with Crippen molar-refractivity contribution in [3.05, 3.63) is 12.1 Å². The lowest BCUT2D eigenvalue weighted by molar-refractivity contribution is 0.464. The zero-order valence-corrected chi connectivity index (χ0v) is 5.20. The molecular weight excluding hydrogens is 132 g/mol. The van der Waals surface area contributed by atoms with Gasteiger partial charge in [-0.1, -0.05) is 0 Å². The highest BCUT2D eigenvalue weighted by Gasteiger charge is 2.04. The van der Waals surface area contributed by atoms with Gasteiger partial charge in [0.25, 0.3) is 0 Å². The number of nitrogen functional groups attached to an aromatic ring is 2. The molecule has 54 valence electrons. The molecule has 4 nitrogen and oxygen atoms in total. The van der Waals surface area contributed by atoms with Crippen molar-refractivity contribution in [2.75, 3.05) is 11.5 Å². The fourth-order valence-corrected chi connectivity index (χ4v) is 0.613. The topological polar surface area (TPSA) is 92.5 Å². The Morgan fingerprint density at radius 1 is 0.900 bits per heavy atom. The largest absolute Gasteiger partial charge is 0.506 e. The second-order valence-electron chi connectivity index (χ2n) is 1.93. The summed E-state index contributed by atoms with van der Waals surface area (Å²) in [6.45, 7) is 0. The number of nitrogens with two attached hydrogens (primary N) is 2. The first-order valence-electron chi connectivity index (χ1n) is 2.69. The smallest absolute Gasteiger partial charge is 0.140 e. The predicted octanol–water partition coefficient (Wildman–Crippen LogP) is 0.262. The Bertz CT molecular complexity index is 233. The van der Waals surface area contributed by atoms with Crippen LogP contribution >= 0.6 is 0 Å². The van der Waals surface area contributed by atoms with E-state index in [9.17, 15) is 0 Å². The molecule has 1 aromatic carbocycles. The molecule has 0 atom stereocenters. The lowest BCUT2D eigenvalue weighted by atomic mass is 10.2. The van der Waals surface area contributed by atoms with E-state index in [1.165, 1.54) is 12.1 Å². The molecule has 0 saturated heterocycles. The van der Waals surface area contributed by atoms with Gasteiger partial charge in [-0.25, -0.2) is 0 Å². The molecule has 6 N–H and O–H groups in total. The molecule has 0 heterocycles. The second kappa shape index (κ2) is 1.98. The number of aromatic hydroxyl groups is 2. The van der Waals surface area contributed by atoms with Gasteiger partial charge in [-0.3, -0.25) is 0 Å². The molecule has 0 radical (unpaired) electrons. The molecular formula is C6H8N2O2. The van der Waals surface area contributed by atoms with E-state index in [0.717, 1.165) is 0 Å². The van der Waals surface area contributed by atoms with Gasteiger partial charge in [0.05, 0.1) is 0 Å². The highest BCUT2D eigenvalue weighted by Crippen LogP contribution is 2.32. The van der Waals surface area contributed by atoms with Crippen molar-refractivity contribution in [3.63, 3.8) is 0 Å². The Labute approximate surface area is 57.7 Å². The Morgan fingerprint density at radius 3 is 1.50 bits per heavy atom. The van der Waals surface area contributed by atoms with Crippen LogP contribution in [0.25, 0.3) is 0 Å². The molecule has 0 bridgehead atoms. The van der Waals surface area contributed by atoms with Gasteiger partial charge in [0.15, 0.2) is 0 Å². The van der Waals surface area contributed by atoms with Crippen molar-refractivity contribution in [3.8, 4) is 11.5 Å². The zero-order chi connectivity index (χ0) is 7.72. The van der Waals surface area contributed by atoms with Crippen LogP contribution in [0.2, 0.25) is 0 Å². The second-order valence-corrected chi connectivity index (χ2v) is 1.93. The lowest BCUT2D eigenvalue weighted by Gasteiger charge is -2.03. The molecule has 1 aromatic rings. The van der Waals surface area contributed by atoms with Gasteiger partial charge >= 0.3 is 0 Å². The summed E-state index contributed by atoms with van der Waals surface area (Å²) in [6, 6.07) is 2.56. The number of hydrogen-bond acceptors (Lipinski definition) is 4. The molecule has 0 aromatic heterocycles. The van der Waals surface area contributed by atoms with Crippen molar-refractivity contribution < 1.29 is 10.2 Å². The van der Waals surface area contributed by atoms with E-state index in [1.807, 2.05) is 0 Å². The summed E-state index contributed by atoms with van der Waals surface area (Å²) in [5, 5.41) is 17.8. The molecule has 0 aliphatic carbocycles. The Morgan fingerprint density at radius 2 is 1.20 bits per heavy atom. The average Bonchev–Trinajstić information content (AvgIpc) is 1.93. The van der Waals surface area contributed by atoms with Gasteiger partial charge in [0.2, 0.25) is 0 Å². The van der Waals surface area contributed by atoms with Crippen LogP contribution in [-0.2, 0) is 0 Å². The normalized spacial score (nSPS) is 9.60. The van der Waals surface area contributed by atoms with Crippen molar-refractivity contribution in [2.24, 2.45) is 0 Å². The molecule has 0 amide bonds. The van der Waals surface area contributed by atoms with Gasteiger partial charge in [-0.2, -0.15) is 0 Å². The lowest BCUT2D eigenvalue weighted by Crippen LogP contribution is -1.94. The first-order valence-corrected chi connectivity index (χ1v) is 2.69. The quantitative estimate of drug-likeness (QED) is 0.236. The molecule has 1 rings (SSSR count). The van der Waals surface area contributed by atoms with Crippen LogP contribution in [0.1, 0.15) is 0 Å². The third kappa shape index (κ3) is 0.793. The molecule has 0 unspecified atom stereocenters. The number of rotatable bonds is 0. The maximum absolute atomic E-state index is 8.91. The van der Waals surface area contributed by atoms with E-state index in [2.05, 4.69) is 0 Å². The van der Waals surface area contributed by atoms with Crippen LogP contribution in [0.5, 0.6) is 11.5 Å². The first kappa shape index (κ1) is 6.54. The van der Waals surface area contributed by atoms with Gasteiger partial charge in [-0.05, 0) is 12.1 Å². The number of anilines is 2. The number of hydrogen-bond donors (Lipinski definition) is 4. The number of phenols is 2. The first-order chi connectivity index (χ1) is 4.63. The summed E-state index contributed by atoms with van der Waals surface area (Å²) in [5.74, 6) is -0.231. The predicted molar refractivity (Wildman–Crippen MR) is 38.6 cm³/mol. The van der Waals surface area contributed by atoms with E-state index in [-0.39, 0.29) is 22.9 Å². The van der Waals surface area contributed by atoms with E-state index in [1.54, 1.807) is 0 Å². The van der Waals surface area contributed by atoms with Crippen LogP contribution in [0, 0.1) is 0 Å². The minimum Gasteiger partial charge on any atom is -0.506 e. The van der Waals surface area contributed by atoms with E-state index >= 15 is 0 Å². The summed E-state index contributed by atoms with van der Waals surface area (Å²) in [4.78, 5) is 0. The van der Waals surface area contributed by atoms with Crippen LogP contribution < -0.4 is 11.5 Å². The van der Waals surface area contributed by atoms with Crippen molar-refractivity contribution in [1.82, 2.24) is 0 Å². The van der Waals surface area contributed by atoms with E-state index < -0.39 is 0 Å². The fraction of sp³-hybridized carbons (Fsp3) is 0. The highest BCUT2D eigenvalue weighted by molar-refractivity contribution is 5.75. The van der Waals surface area contributed by atoms with Crippen molar-refractivity contribution in [2.45, 2.75) is 0 Å². The standard InChI is InChI=1S/C6H8N2O2/c7-5-3(9)1-2-4(10)6(5)8/h1-2,9-10H,7-8H2. The van der Waals surface area contributed by atoms with E-state index in [0.29, 0.717) is 0 Å². The number of phenolic OH excluding ortho intramolecular Hbond substituents is 2. The van der Waals surface area contributed by atoms with Gasteiger partial charge in [-0.15, -0.1) is 0 Å². The molecule has 0 aliphatic rings. The van der Waals surface area contributed by atoms with Gasteiger partial charge in [0.1, 0.15) is 22.9 Å². The van der Waals surface area contributed by atoms with Crippen molar-refractivity contribution >= 4 is 11.4 Å². The van der Waals surface area contributed by atoms with Crippen LogP contribution in [0.15, 0.2) is 12.1 Å². The fourth-order valence-electron chi connectivity index (χ4n) is 0.613. The third-order valence-electron chi connectivity index (χ3n) is 1.24. The minimum absolute atomic E-state index is 0.0139. The Balaban J connectivity index is 3.34. The molecule has 0 spiro atoms. The summed E-state index contributed by atoms with van der Waals surface area (Å²) >= 11 is 0. The van der Waals surface area contributed by atoms with Gasteiger partial charge in [0, 0.05) is 0 Å². The Hall–Kier alpha value is -1.58. The highest BCUT2D eigenvalue weighted by atomic mass is 16.3. The minimum atomic E-state index is -0.115. The summed E-state index contributed by atoms with van der Waals surface area (Å²) in [6.07, 6.45) is 0. The Kier molecular flexibility index (Phi) is 1.30. The van der Waals surface area contributed by atoms with Crippen LogP contribution in [0.3, 0.4) is 0 Å². The maximum Gasteiger partial charge on any atom is 0.140 e. The molecule has 0 fully saturated rings. The molecule has 10 heavy (non-hydrogen) atoms. The molecule has 4 heteroatoms. The summed E-state index contributed by atoms with van der Waals surface area (Å²) < 4.78 is 0. The van der Waals surface area contributed by atoms with E-state index in [4.69, 9.17) is 21.7 Å². The summed E-state index contributed by atoms with van der Waals surface area (Å²) in [7, 11) is 0. The van der Waals surface area contributed by atoms with Crippen LogP contribution in [0.4, 0.5) is 11.4 Å². The summed E-state index contributed by atoms with van der Waals surface area (Å²) in [5.41, 5.74) is 10.5. The monoisotopic (exact) mass is 140 g/mol. The SMILES string of the molecule is Nc1c(O)ccc(O)c1N. The van der Waals surface area contributed by atoms with Gasteiger partial charge < -0.3 is 21.7 Å². The van der Waals surface area contributed by atoms with Crippen molar-refractivity contribution in [1.29, 1.82) is 0 Å². The molecule has 0 saturated carbocycles.